The Labute approximate surface area is 143 Å². The maximum atomic E-state index is 13.1. The highest BCUT2D eigenvalue weighted by molar-refractivity contribution is 7.92. The fourth-order valence-electron chi connectivity index (χ4n) is 3.45. The van der Waals surface area contributed by atoms with Crippen LogP contribution in [0.5, 0.6) is 0 Å². The summed E-state index contributed by atoms with van der Waals surface area (Å²) in [4.78, 5) is 0.314. The second-order valence-electron chi connectivity index (χ2n) is 6.67. The van der Waals surface area contributed by atoms with Crippen molar-refractivity contribution in [2.45, 2.75) is 41.9 Å². The van der Waals surface area contributed by atoms with Gasteiger partial charge >= 0.3 is 0 Å². The summed E-state index contributed by atoms with van der Waals surface area (Å²) in [5.41, 5.74) is 14.5. The van der Waals surface area contributed by atoms with Crippen molar-refractivity contribution in [2.75, 3.05) is 6.54 Å². The van der Waals surface area contributed by atoms with Gasteiger partial charge in [-0.15, -0.1) is 0 Å². The minimum Gasteiger partial charge on any atom is -0.329 e. The highest BCUT2D eigenvalue weighted by Gasteiger charge is 2.68. The lowest BCUT2D eigenvalue weighted by molar-refractivity contribution is 0.586. The van der Waals surface area contributed by atoms with Gasteiger partial charge < -0.3 is 11.5 Å². The van der Waals surface area contributed by atoms with Crippen molar-refractivity contribution in [1.82, 2.24) is 0 Å². The quantitative estimate of drug-likeness (QED) is 0.870. The number of sulfone groups is 1. The van der Waals surface area contributed by atoms with Gasteiger partial charge in [-0.05, 0) is 36.6 Å². The summed E-state index contributed by atoms with van der Waals surface area (Å²) in [5.74, 6) is -0.264. The van der Waals surface area contributed by atoms with Crippen LogP contribution >= 0.6 is 0 Å². The zero-order valence-corrected chi connectivity index (χ0v) is 14.9. The van der Waals surface area contributed by atoms with Crippen LogP contribution in [0.25, 0.3) is 0 Å². The second kappa shape index (κ2) is 5.99. The zero-order chi connectivity index (χ0) is 17.5. The third-order valence-corrected chi connectivity index (χ3v) is 7.40. The summed E-state index contributed by atoms with van der Waals surface area (Å²) in [6.45, 7) is 4.16. The van der Waals surface area contributed by atoms with Crippen molar-refractivity contribution in [3.05, 3.63) is 65.2 Å². The zero-order valence-electron chi connectivity index (χ0n) is 14.1. The predicted molar refractivity (Wildman–Crippen MR) is 96.7 cm³/mol. The Bertz CT molecular complexity index is 829. The number of nitrogens with two attached hydrogens (primary N) is 2. The van der Waals surface area contributed by atoms with Gasteiger partial charge in [0.15, 0.2) is 9.84 Å². The van der Waals surface area contributed by atoms with E-state index in [4.69, 9.17) is 11.5 Å². The molecule has 0 bridgehead atoms. The van der Waals surface area contributed by atoms with Crippen LogP contribution in [0.15, 0.2) is 53.4 Å². The molecule has 0 aromatic heterocycles. The first-order chi connectivity index (χ1) is 11.3. The van der Waals surface area contributed by atoms with E-state index < -0.39 is 20.6 Å². The lowest BCUT2D eigenvalue weighted by Gasteiger charge is -2.09. The summed E-state index contributed by atoms with van der Waals surface area (Å²) in [6, 6.07) is 14.9. The molecule has 0 aliphatic heterocycles. The maximum absolute atomic E-state index is 13.1. The minimum atomic E-state index is -3.52. The first-order valence-corrected chi connectivity index (χ1v) is 9.77. The maximum Gasteiger partial charge on any atom is 0.183 e. The first-order valence-electron chi connectivity index (χ1n) is 8.23. The van der Waals surface area contributed by atoms with Crippen LogP contribution in [-0.2, 0) is 16.3 Å². The van der Waals surface area contributed by atoms with Gasteiger partial charge in [0, 0.05) is 12.5 Å². The summed E-state index contributed by atoms with van der Waals surface area (Å²) >= 11 is 0. The van der Waals surface area contributed by atoms with Crippen LogP contribution in [0.2, 0.25) is 0 Å². The lowest BCUT2D eigenvalue weighted by Crippen LogP contribution is -2.39. The average molecular weight is 344 g/mol. The van der Waals surface area contributed by atoms with E-state index >= 15 is 0 Å². The van der Waals surface area contributed by atoms with Gasteiger partial charge in [-0.2, -0.15) is 0 Å². The van der Waals surface area contributed by atoms with E-state index in [1.165, 1.54) is 5.56 Å². The molecule has 4 nitrogen and oxygen atoms in total. The van der Waals surface area contributed by atoms with E-state index in [1.807, 2.05) is 31.2 Å². The molecule has 1 saturated carbocycles. The molecule has 0 spiro atoms. The Balaban J connectivity index is 1.98. The summed E-state index contributed by atoms with van der Waals surface area (Å²) in [6.07, 6.45) is 0.945. The van der Waals surface area contributed by atoms with Crippen molar-refractivity contribution < 1.29 is 8.42 Å². The van der Waals surface area contributed by atoms with Gasteiger partial charge in [0.1, 0.15) is 0 Å². The Morgan fingerprint density at radius 1 is 1.04 bits per heavy atom. The topological polar surface area (TPSA) is 86.2 Å². The summed E-state index contributed by atoms with van der Waals surface area (Å²) < 4.78 is 26.1. The Kier molecular flexibility index (Phi) is 4.28. The van der Waals surface area contributed by atoms with Gasteiger partial charge in [0.25, 0.3) is 0 Å². The van der Waals surface area contributed by atoms with Crippen molar-refractivity contribution in [1.29, 1.82) is 0 Å². The van der Waals surface area contributed by atoms with Gasteiger partial charge in [-0.1, -0.05) is 48.9 Å². The van der Waals surface area contributed by atoms with Crippen molar-refractivity contribution >= 4 is 9.84 Å². The van der Waals surface area contributed by atoms with E-state index in [9.17, 15) is 8.42 Å². The van der Waals surface area contributed by atoms with Gasteiger partial charge in [-0.25, -0.2) is 8.42 Å². The fourth-order valence-corrected chi connectivity index (χ4v) is 5.77. The number of hydrogen-bond acceptors (Lipinski definition) is 4. The van der Waals surface area contributed by atoms with Crippen LogP contribution in [0.3, 0.4) is 0 Å². The Hall–Kier alpha value is -1.69. The SMILES string of the molecule is CCc1ccc(C2C(S(=O)(=O)c3ccc(C)cc3)C2(N)CN)cc1. The molecule has 3 unspecified atom stereocenters. The van der Waals surface area contributed by atoms with Crippen molar-refractivity contribution in [3.8, 4) is 0 Å². The average Bonchev–Trinajstić information content (AvgIpc) is 3.23. The largest absolute Gasteiger partial charge is 0.329 e. The third-order valence-electron chi connectivity index (χ3n) is 5.09. The van der Waals surface area contributed by atoms with Crippen LogP contribution in [0.1, 0.15) is 29.5 Å². The number of aryl methyl sites for hydroxylation is 2. The fraction of sp³-hybridized carbons (Fsp3) is 0.368. The smallest absolute Gasteiger partial charge is 0.183 e. The molecule has 24 heavy (non-hydrogen) atoms. The van der Waals surface area contributed by atoms with E-state index in [1.54, 1.807) is 24.3 Å². The Morgan fingerprint density at radius 3 is 2.12 bits per heavy atom. The number of rotatable bonds is 5. The molecule has 1 aliphatic rings. The number of hydrogen-bond donors (Lipinski definition) is 2. The van der Waals surface area contributed by atoms with E-state index in [-0.39, 0.29) is 12.5 Å². The molecule has 1 aliphatic carbocycles. The van der Waals surface area contributed by atoms with Gasteiger partial charge in [-0.3, -0.25) is 0 Å². The molecule has 128 valence electrons. The molecule has 2 aromatic rings. The standard InChI is InChI=1S/C19H24N2O2S/c1-3-14-6-8-15(9-7-14)17-18(19(17,21)12-20)24(22,23)16-10-4-13(2)5-11-16/h4-11,17-18H,3,12,20-21H2,1-2H3. The van der Waals surface area contributed by atoms with Crippen molar-refractivity contribution in [3.63, 3.8) is 0 Å². The molecular formula is C19H24N2O2S. The lowest BCUT2D eigenvalue weighted by atomic mass is 10.0. The summed E-state index contributed by atoms with van der Waals surface area (Å²) in [5, 5.41) is -0.676. The normalized spacial score (nSPS) is 26.3. The van der Waals surface area contributed by atoms with Crippen LogP contribution in [0.4, 0.5) is 0 Å². The van der Waals surface area contributed by atoms with Crippen LogP contribution < -0.4 is 11.5 Å². The molecule has 0 amide bonds. The van der Waals surface area contributed by atoms with Crippen LogP contribution in [0, 0.1) is 6.92 Å². The first kappa shape index (κ1) is 17.1. The van der Waals surface area contributed by atoms with Gasteiger partial charge in [0.2, 0.25) is 0 Å². The van der Waals surface area contributed by atoms with Crippen molar-refractivity contribution in [2.24, 2.45) is 11.5 Å². The molecule has 0 radical (unpaired) electrons. The molecule has 4 N–H and O–H groups in total. The number of benzene rings is 2. The highest BCUT2D eigenvalue weighted by atomic mass is 32.2. The molecule has 3 rings (SSSR count). The molecule has 5 heteroatoms. The molecule has 2 aromatic carbocycles. The summed E-state index contributed by atoms with van der Waals surface area (Å²) in [7, 11) is -3.52. The van der Waals surface area contributed by atoms with E-state index in [0.717, 1.165) is 17.5 Å². The van der Waals surface area contributed by atoms with Crippen LogP contribution in [-0.4, -0.2) is 25.8 Å². The van der Waals surface area contributed by atoms with E-state index in [2.05, 4.69) is 6.92 Å². The predicted octanol–water partition coefficient (Wildman–Crippen LogP) is 2.15. The molecule has 0 heterocycles. The molecular weight excluding hydrogens is 320 g/mol. The van der Waals surface area contributed by atoms with Gasteiger partial charge in [0.05, 0.1) is 15.7 Å². The highest BCUT2D eigenvalue weighted by Crippen LogP contribution is 2.55. The second-order valence-corrected chi connectivity index (χ2v) is 8.74. The minimum absolute atomic E-state index is 0.142. The van der Waals surface area contributed by atoms with E-state index in [0.29, 0.717) is 4.90 Å². The monoisotopic (exact) mass is 344 g/mol. The third kappa shape index (κ3) is 2.66. The molecule has 3 atom stereocenters. The molecule has 1 fully saturated rings. The Morgan fingerprint density at radius 2 is 1.62 bits per heavy atom. The molecule has 0 saturated heterocycles.